The topological polar surface area (TPSA) is 43.4 Å². The monoisotopic (exact) mass is 338 g/mol. The number of carbonyl (C=O) groups excluding carboxylic acids is 2. The highest BCUT2D eigenvalue weighted by atomic mass is 16.5. The Kier molecular flexibility index (Phi) is 11.9. The van der Waals surface area contributed by atoms with Gasteiger partial charge in [-0.25, -0.2) is 0 Å². The fraction of sp³-hybridized carbons (Fsp3) is 0.905. The second kappa shape index (κ2) is 13.4. The number of hydrogen-bond donors (Lipinski definition) is 0. The van der Waals surface area contributed by atoms with Gasteiger partial charge in [-0.15, -0.1) is 0 Å². The van der Waals surface area contributed by atoms with E-state index in [1.807, 2.05) is 0 Å². The average Bonchev–Trinajstić information content (AvgIpc) is 3.17. The molecule has 1 aliphatic carbocycles. The molecule has 2 aliphatic rings. The lowest BCUT2D eigenvalue weighted by atomic mass is 9.99. The number of ketones is 1. The Morgan fingerprint density at radius 1 is 0.917 bits per heavy atom. The molecule has 0 aromatic heterocycles. The predicted molar refractivity (Wildman–Crippen MR) is 98.9 cm³/mol. The first-order valence-electron chi connectivity index (χ1n) is 10.4. The minimum Gasteiger partial charge on any atom is -0.465 e. The molecule has 1 saturated carbocycles. The lowest BCUT2D eigenvalue weighted by molar-refractivity contribution is -0.138. The molecular formula is C21H38O3. The lowest BCUT2D eigenvalue weighted by Gasteiger charge is -2.05. The summed E-state index contributed by atoms with van der Waals surface area (Å²) in [6, 6.07) is 0. The van der Waals surface area contributed by atoms with Crippen LogP contribution in [0.5, 0.6) is 0 Å². The third kappa shape index (κ3) is 9.44. The van der Waals surface area contributed by atoms with Crippen LogP contribution in [0.2, 0.25) is 0 Å². The van der Waals surface area contributed by atoms with Crippen molar-refractivity contribution in [3.8, 4) is 0 Å². The zero-order valence-corrected chi connectivity index (χ0v) is 16.0. The van der Waals surface area contributed by atoms with Gasteiger partial charge in [0.05, 0.1) is 13.0 Å². The van der Waals surface area contributed by atoms with Crippen LogP contribution >= 0.6 is 0 Å². The number of carbonyl (C=O) groups is 2. The van der Waals surface area contributed by atoms with Crippen molar-refractivity contribution in [2.24, 2.45) is 11.8 Å². The second-order valence-electron chi connectivity index (χ2n) is 7.51. The first-order chi connectivity index (χ1) is 11.7. The molecule has 2 rings (SSSR count). The molecule has 3 heteroatoms. The molecule has 0 N–H and O–H groups in total. The van der Waals surface area contributed by atoms with Gasteiger partial charge in [-0.05, 0) is 25.7 Å². The molecule has 1 saturated heterocycles. The standard InChI is InChI=1S/C11H20O.C10H18O2/c1-2-3-4-5-7-10-8-6-9-11(10)12;1-2-3-4-5-6-9-7-10(11)12-8-9/h10H,2-9H2,1H3;9H,2-8H2,1H3. The number of ether oxygens (including phenoxy) is 1. The second-order valence-corrected chi connectivity index (χ2v) is 7.51. The first-order valence-corrected chi connectivity index (χ1v) is 10.4. The van der Waals surface area contributed by atoms with Crippen molar-refractivity contribution < 1.29 is 14.3 Å². The van der Waals surface area contributed by atoms with Crippen LogP contribution in [0, 0.1) is 11.8 Å². The third-order valence-corrected chi connectivity index (χ3v) is 5.24. The average molecular weight is 339 g/mol. The smallest absolute Gasteiger partial charge is 0.306 e. The molecule has 0 aromatic carbocycles. The van der Waals surface area contributed by atoms with Crippen molar-refractivity contribution in [1.82, 2.24) is 0 Å². The van der Waals surface area contributed by atoms with Crippen molar-refractivity contribution in [3.05, 3.63) is 0 Å². The number of unbranched alkanes of at least 4 members (excludes halogenated alkanes) is 6. The van der Waals surface area contributed by atoms with Crippen LogP contribution in [0.15, 0.2) is 0 Å². The predicted octanol–water partition coefficient (Wildman–Crippen LogP) is 5.85. The Bertz CT molecular complexity index is 351. The normalized spacial score (nSPS) is 23.1. The van der Waals surface area contributed by atoms with E-state index in [0.717, 1.165) is 12.8 Å². The molecular weight excluding hydrogens is 300 g/mol. The van der Waals surface area contributed by atoms with Gasteiger partial charge >= 0.3 is 5.97 Å². The summed E-state index contributed by atoms with van der Waals surface area (Å²) in [6.45, 7) is 5.11. The van der Waals surface area contributed by atoms with Crippen LogP contribution in [-0.2, 0) is 14.3 Å². The fourth-order valence-corrected chi connectivity index (χ4v) is 3.62. The summed E-state index contributed by atoms with van der Waals surface area (Å²) in [5.74, 6) is 1.50. The number of esters is 1. The molecule has 24 heavy (non-hydrogen) atoms. The zero-order chi connectivity index (χ0) is 17.6. The van der Waals surface area contributed by atoms with Crippen molar-refractivity contribution >= 4 is 11.8 Å². The lowest BCUT2D eigenvalue weighted by Crippen LogP contribution is -2.05. The van der Waals surface area contributed by atoms with E-state index >= 15 is 0 Å². The maximum absolute atomic E-state index is 11.2. The Hall–Kier alpha value is -0.860. The van der Waals surface area contributed by atoms with E-state index < -0.39 is 0 Å². The molecule has 2 unspecified atom stereocenters. The Morgan fingerprint density at radius 3 is 2.08 bits per heavy atom. The maximum Gasteiger partial charge on any atom is 0.306 e. The van der Waals surface area contributed by atoms with E-state index in [9.17, 15) is 9.59 Å². The Morgan fingerprint density at radius 2 is 1.58 bits per heavy atom. The summed E-state index contributed by atoms with van der Waals surface area (Å²) in [5.41, 5.74) is 0. The van der Waals surface area contributed by atoms with E-state index in [-0.39, 0.29) is 5.97 Å². The number of cyclic esters (lactones) is 1. The number of Topliss-reactive ketones (excluding diaryl/α,β-unsaturated/α-hetero) is 1. The van der Waals surface area contributed by atoms with Crippen LogP contribution in [0.1, 0.15) is 104 Å². The fourth-order valence-electron chi connectivity index (χ4n) is 3.62. The summed E-state index contributed by atoms with van der Waals surface area (Å²) in [7, 11) is 0. The number of hydrogen-bond acceptors (Lipinski definition) is 3. The molecule has 0 bridgehead atoms. The summed E-state index contributed by atoms with van der Waals surface area (Å²) in [6.07, 6.45) is 16.6. The largest absolute Gasteiger partial charge is 0.465 e. The summed E-state index contributed by atoms with van der Waals surface area (Å²) >= 11 is 0. The van der Waals surface area contributed by atoms with Crippen molar-refractivity contribution in [2.75, 3.05) is 6.61 Å². The van der Waals surface area contributed by atoms with Crippen LogP contribution in [-0.4, -0.2) is 18.4 Å². The maximum atomic E-state index is 11.2. The summed E-state index contributed by atoms with van der Waals surface area (Å²) < 4.78 is 4.88. The minimum atomic E-state index is -0.00417. The van der Waals surface area contributed by atoms with Crippen LogP contribution in [0.25, 0.3) is 0 Å². The van der Waals surface area contributed by atoms with E-state index in [1.54, 1.807) is 0 Å². The van der Waals surface area contributed by atoms with E-state index in [2.05, 4.69) is 13.8 Å². The molecule has 2 fully saturated rings. The zero-order valence-electron chi connectivity index (χ0n) is 16.0. The molecule has 0 radical (unpaired) electrons. The molecule has 2 atom stereocenters. The van der Waals surface area contributed by atoms with Gasteiger partial charge < -0.3 is 4.74 Å². The molecule has 0 amide bonds. The molecule has 140 valence electrons. The van der Waals surface area contributed by atoms with E-state index in [0.29, 0.717) is 30.6 Å². The van der Waals surface area contributed by atoms with Crippen LogP contribution < -0.4 is 0 Å². The highest BCUT2D eigenvalue weighted by Gasteiger charge is 2.23. The van der Waals surface area contributed by atoms with Crippen LogP contribution in [0.4, 0.5) is 0 Å². The van der Waals surface area contributed by atoms with Crippen molar-refractivity contribution in [2.45, 2.75) is 104 Å². The molecule has 1 heterocycles. The van der Waals surface area contributed by atoms with Crippen molar-refractivity contribution in [1.29, 1.82) is 0 Å². The number of rotatable bonds is 10. The van der Waals surface area contributed by atoms with Crippen LogP contribution in [0.3, 0.4) is 0 Å². The molecule has 0 spiro atoms. The van der Waals surface area contributed by atoms with Gasteiger partial charge in [0.15, 0.2) is 0 Å². The SMILES string of the molecule is CCCCCCC1CCCC1=O.CCCCCCC1COC(=O)C1. The molecule has 3 nitrogen and oxygen atoms in total. The summed E-state index contributed by atoms with van der Waals surface area (Å²) in [5, 5.41) is 0. The third-order valence-electron chi connectivity index (χ3n) is 5.24. The van der Waals surface area contributed by atoms with Gasteiger partial charge in [-0.2, -0.15) is 0 Å². The van der Waals surface area contributed by atoms with Gasteiger partial charge in [0, 0.05) is 18.3 Å². The van der Waals surface area contributed by atoms with E-state index in [1.165, 1.54) is 70.6 Å². The van der Waals surface area contributed by atoms with Gasteiger partial charge in [0.1, 0.15) is 5.78 Å². The molecule has 1 aliphatic heterocycles. The quantitative estimate of drug-likeness (QED) is 0.371. The van der Waals surface area contributed by atoms with Gasteiger partial charge in [0.2, 0.25) is 0 Å². The van der Waals surface area contributed by atoms with Gasteiger partial charge in [0.25, 0.3) is 0 Å². The summed E-state index contributed by atoms with van der Waals surface area (Å²) in [4.78, 5) is 22.0. The van der Waals surface area contributed by atoms with Gasteiger partial charge in [-0.3, -0.25) is 9.59 Å². The van der Waals surface area contributed by atoms with E-state index in [4.69, 9.17) is 4.74 Å². The highest BCUT2D eigenvalue weighted by molar-refractivity contribution is 5.82. The van der Waals surface area contributed by atoms with Crippen molar-refractivity contribution in [3.63, 3.8) is 0 Å². The molecule has 0 aromatic rings. The highest BCUT2D eigenvalue weighted by Crippen LogP contribution is 2.26. The Balaban J connectivity index is 0.000000240. The minimum absolute atomic E-state index is 0.00417. The first kappa shape index (κ1) is 21.2. The van der Waals surface area contributed by atoms with Gasteiger partial charge in [-0.1, -0.05) is 65.2 Å². The Labute approximate surface area is 148 Å².